The number of hydrogen-bond donors (Lipinski definition) is 6. The van der Waals surface area contributed by atoms with Crippen molar-refractivity contribution in [2.24, 2.45) is 0 Å². The van der Waals surface area contributed by atoms with Gasteiger partial charge in [-0.15, -0.1) is 0 Å². The Morgan fingerprint density at radius 2 is 1.35 bits per heavy atom. The van der Waals surface area contributed by atoms with E-state index in [0.29, 0.717) is 0 Å². The predicted molar refractivity (Wildman–Crippen MR) is 77.4 cm³/mol. The first kappa shape index (κ1) is 19.8. The van der Waals surface area contributed by atoms with Gasteiger partial charge in [-0.1, -0.05) is 39.0 Å². The molecule has 0 rings (SSSR count). The monoisotopic (exact) mass is 293 g/mol. The molecule has 4 atom stereocenters. The Labute approximate surface area is 121 Å². The maximum absolute atomic E-state index is 9.64. The van der Waals surface area contributed by atoms with Crippen molar-refractivity contribution >= 4 is 0 Å². The quantitative estimate of drug-likeness (QED) is 0.252. The number of unbranched alkanes of at least 4 members (excludes halogenated alkanes) is 5. The van der Waals surface area contributed by atoms with E-state index in [1.165, 1.54) is 25.7 Å². The van der Waals surface area contributed by atoms with E-state index >= 15 is 0 Å². The van der Waals surface area contributed by atoms with Crippen molar-refractivity contribution in [3.8, 4) is 0 Å². The Morgan fingerprint density at radius 1 is 0.800 bits per heavy atom. The van der Waals surface area contributed by atoms with Gasteiger partial charge >= 0.3 is 0 Å². The molecule has 0 fully saturated rings. The first-order valence-electron chi connectivity index (χ1n) is 7.58. The summed E-state index contributed by atoms with van der Waals surface area (Å²) in [6.45, 7) is 2.41. The van der Waals surface area contributed by atoms with Gasteiger partial charge in [-0.2, -0.15) is 0 Å². The number of rotatable bonds is 13. The van der Waals surface area contributed by atoms with E-state index in [1.54, 1.807) is 0 Å². The molecule has 0 aliphatic heterocycles. The summed E-state index contributed by atoms with van der Waals surface area (Å²) in [5, 5.41) is 49.5. The Balaban J connectivity index is 3.59. The van der Waals surface area contributed by atoms with Gasteiger partial charge in [0.15, 0.2) is 0 Å². The molecule has 20 heavy (non-hydrogen) atoms. The fourth-order valence-corrected chi connectivity index (χ4v) is 1.96. The topological polar surface area (TPSA) is 113 Å². The van der Waals surface area contributed by atoms with Crippen molar-refractivity contribution in [2.45, 2.75) is 69.9 Å². The minimum atomic E-state index is -1.55. The molecule has 0 aliphatic rings. The van der Waals surface area contributed by atoms with E-state index in [-0.39, 0.29) is 6.54 Å². The van der Waals surface area contributed by atoms with Gasteiger partial charge in [-0.05, 0) is 13.0 Å². The molecule has 0 aromatic carbocycles. The molecule has 6 nitrogen and oxygen atoms in total. The second-order valence-corrected chi connectivity index (χ2v) is 5.27. The van der Waals surface area contributed by atoms with Crippen LogP contribution in [0, 0.1) is 0 Å². The van der Waals surface area contributed by atoms with Crippen molar-refractivity contribution in [3.63, 3.8) is 0 Å². The van der Waals surface area contributed by atoms with Crippen LogP contribution in [0.2, 0.25) is 0 Å². The summed E-state index contributed by atoms with van der Waals surface area (Å²) in [5.74, 6) is 0. The van der Waals surface area contributed by atoms with Gasteiger partial charge in [0.2, 0.25) is 0 Å². The van der Waals surface area contributed by atoms with Gasteiger partial charge in [0.05, 0.1) is 12.7 Å². The van der Waals surface area contributed by atoms with E-state index in [4.69, 9.17) is 10.2 Å². The second kappa shape index (κ2) is 12.5. The standard InChI is InChI=1S/C14H31NO5/c1-2-3-4-5-6-7-8-15-9-11(17)13(19)14(20)12(18)10-16/h11-20H,2-10H2,1H3/t11-,12-,13-,14-/m0/s1. The summed E-state index contributed by atoms with van der Waals surface area (Å²) in [4.78, 5) is 0. The molecule has 0 saturated heterocycles. The number of aliphatic hydroxyl groups is 5. The fourth-order valence-electron chi connectivity index (χ4n) is 1.96. The number of aliphatic hydroxyl groups excluding tert-OH is 5. The molecule has 6 heteroatoms. The van der Waals surface area contributed by atoms with Crippen molar-refractivity contribution in [1.29, 1.82) is 0 Å². The lowest BCUT2D eigenvalue weighted by atomic mass is 10.0. The summed E-state index contributed by atoms with van der Waals surface area (Å²) in [5.41, 5.74) is 0. The molecule has 0 aromatic rings. The lowest BCUT2D eigenvalue weighted by molar-refractivity contribution is -0.113. The lowest BCUT2D eigenvalue weighted by Crippen LogP contribution is -2.49. The molecule has 0 radical (unpaired) electrons. The third-order valence-corrected chi connectivity index (χ3v) is 3.39. The van der Waals surface area contributed by atoms with E-state index in [9.17, 15) is 15.3 Å². The van der Waals surface area contributed by atoms with Crippen LogP contribution in [0.1, 0.15) is 45.4 Å². The molecule has 0 aliphatic carbocycles. The summed E-state index contributed by atoms with van der Waals surface area (Å²) in [7, 11) is 0. The predicted octanol–water partition coefficient (Wildman–Crippen LogP) is -0.628. The van der Waals surface area contributed by atoms with Crippen molar-refractivity contribution in [1.82, 2.24) is 5.32 Å². The first-order valence-corrected chi connectivity index (χ1v) is 7.58. The van der Waals surface area contributed by atoms with E-state index in [0.717, 1.165) is 19.4 Å². The highest BCUT2D eigenvalue weighted by molar-refractivity contribution is 4.81. The van der Waals surface area contributed by atoms with Crippen molar-refractivity contribution in [3.05, 3.63) is 0 Å². The van der Waals surface area contributed by atoms with Crippen LogP contribution < -0.4 is 5.32 Å². The molecule has 0 saturated carbocycles. The molecule has 0 spiro atoms. The van der Waals surface area contributed by atoms with Crippen LogP contribution in [0.25, 0.3) is 0 Å². The first-order chi connectivity index (χ1) is 9.54. The van der Waals surface area contributed by atoms with Crippen LogP contribution in [0.3, 0.4) is 0 Å². The van der Waals surface area contributed by atoms with E-state index < -0.39 is 31.0 Å². The molecule has 0 unspecified atom stereocenters. The molecule has 0 heterocycles. The van der Waals surface area contributed by atoms with Crippen LogP contribution in [-0.2, 0) is 0 Å². The lowest BCUT2D eigenvalue weighted by Gasteiger charge is -2.25. The highest BCUT2D eigenvalue weighted by Gasteiger charge is 2.29. The zero-order chi connectivity index (χ0) is 15.4. The van der Waals surface area contributed by atoms with Gasteiger partial charge in [-0.3, -0.25) is 0 Å². The zero-order valence-corrected chi connectivity index (χ0v) is 12.4. The van der Waals surface area contributed by atoms with Gasteiger partial charge < -0.3 is 30.8 Å². The average Bonchev–Trinajstić information content (AvgIpc) is 2.47. The second-order valence-electron chi connectivity index (χ2n) is 5.27. The van der Waals surface area contributed by atoms with Crippen LogP contribution in [0.15, 0.2) is 0 Å². The highest BCUT2D eigenvalue weighted by atomic mass is 16.4. The minimum Gasteiger partial charge on any atom is -0.394 e. The van der Waals surface area contributed by atoms with Gasteiger partial charge in [-0.25, -0.2) is 0 Å². The van der Waals surface area contributed by atoms with E-state index in [1.807, 2.05) is 0 Å². The Hall–Kier alpha value is -0.240. The van der Waals surface area contributed by atoms with Crippen molar-refractivity contribution in [2.75, 3.05) is 19.7 Å². The summed E-state index contributed by atoms with van der Waals surface area (Å²) < 4.78 is 0. The molecule has 0 aromatic heterocycles. The molecule has 6 N–H and O–H groups in total. The largest absolute Gasteiger partial charge is 0.394 e. The molecular weight excluding hydrogens is 262 g/mol. The van der Waals surface area contributed by atoms with Gasteiger partial charge in [0.1, 0.15) is 18.3 Å². The smallest absolute Gasteiger partial charge is 0.111 e. The van der Waals surface area contributed by atoms with Crippen molar-refractivity contribution < 1.29 is 25.5 Å². The average molecular weight is 293 g/mol. The number of nitrogens with one attached hydrogen (secondary N) is 1. The normalized spacial score (nSPS) is 17.7. The SMILES string of the molecule is CCCCCCCCNC[C@H](O)[C@H](O)[C@@H](O)[C@@H](O)CO. The summed E-state index contributed by atoms with van der Waals surface area (Å²) in [6, 6.07) is 0. The Bertz CT molecular complexity index is 218. The third-order valence-electron chi connectivity index (χ3n) is 3.39. The van der Waals surface area contributed by atoms with Gasteiger partial charge in [0.25, 0.3) is 0 Å². The summed E-state index contributed by atoms with van der Waals surface area (Å²) in [6.07, 6.45) is 1.45. The molecule has 122 valence electrons. The Morgan fingerprint density at radius 3 is 1.95 bits per heavy atom. The Kier molecular flexibility index (Phi) is 12.3. The van der Waals surface area contributed by atoms with Crippen LogP contribution in [0.5, 0.6) is 0 Å². The fraction of sp³-hybridized carbons (Fsp3) is 1.00. The maximum Gasteiger partial charge on any atom is 0.111 e. The van der Waals surface area contributed by atoms with Crippen LogP contribution in [0.4, 0.5) is 0 Å². The maximum atomic E-state index is 9.64. The molecule has 0 bridgehead atoms. The van der Waals surface area contributed by atoms with Crippen LogP contribution in [-0.4, -0.2) is 69.6 Å². The third kappa shape index (κ3) is 8.84. The molecule has 0 amide bonds. The minimum absolute atomic E-state index is 0.144. The summed E-state index contributed by atoms with van der Waals surface area (Å²) >= 11 is 0. The highest BCUT2D eigenvalue weighted by Crippen LogP contribution is 2.06. The van der Waals surface area contributed by atoms with E-state index in [2.05, 4.69) is 12.2 Å². The zero-order valence-electron chi connectivity index (χ0n) is 12.4. The van der Waals surface area contributed by atoms with Crippen LogP contribution >= 0.6 is 0 Å². The van der Waals surface area contributed by atoms with Gasteiger partial charge in [0, 0.05) is 6.54 Å². The molecular formula is C14H31NO5. The number of hydrogen-bond acceptors (Lipinski definition) is 6.